The molecule has 76 valence electrons. The fourth-order valence-electron chi connectivity index (χ4n) is 3.16. The lowest BCUT2D eigenvalue weighted by molar-refractivity contribution is 0.197. The zero-order valence-electron chi connectivity index (χ0n) is 8.47. The molecule has 1 heteroatoms. The molecule has 0 radical (unpaired) electrons. The molecule has 2 saturated carbocycles. The lowest BCUT2D eigenvalue weighted by Gasteiger charge is -2.34. The highest BCUT2D eigenvalue weighted by atomic mass is 35.5. The largest absolute Gasteiger partial charge is 0.123 e. The molecule has 2 aliphatic carbocycles. The van der Waals surface area contributed by atoms with E-state index in [4.69, 9.17) is 11.6 Å². The third-order valence-corrected chi connectivity index (χ3v) is 4.45. The highest BCUT2D eigenvalue weighted by molar-refractivity contribution is 6.20. The fraction of sp³-hybridized carbons (Fsp3) is 1.00. The van der Waals surface area contributed by atoms with E-state index in [-0.39, 0.29) is 0 Å². The van der Waals surface area contributed by atoms with Gasteiger partial charge in [-0.25, -0.2) is 0 Å². The van der Waals surface area contributed by atoms with Crippen molar-refractivity contribution in [3.8, 4) is 0 Å². The topological polar surface area (TPSA) is 0 Å². The second-order valence-corrected chi connectivity index (χ2v) is 5.53. The zero-order chi connectivity index (χ0) is 9.10. The quantitative estimate of drug-likeness (QED) is 0.552. The molecule has 0 spiro atoms. The minimum absolute atomic E-state index is 0.500. The van der Waals surface area contributed by atoms with E-state index in [1.807, 2.05) is 0 Å². The van der Waals surface area contributed by atoms with Crippen LogP contribution in [0.15, 0.2) is 0 Å². The molecule has 13 heavy (non-hydrogen) atoms. The van der Waals surface area contributed by atoms with E-state index in [1.54, 1.807) is 0 Å². The van der Waals surface area contributed by atoms with Gasteiger partial charge in [0.2, 0.25) is 0 Å². The third kappa shape index (κ3) is 2.62. The molecule has 0 aromatic heterocycles. The summed E-state index contributed by atoms with van der Waals surface area (Å²) in [6.45, 7) is 0. The van der Waals surface area contributed by atoms with Crippen molar-refractivity contribution in [3.05, 3.63) is 0 Å². The predicted molar refractivity (Wildman–Crippen MR) is 58.2 cm³/mol. The van der Waals surface area contributed by atoms with Crippen LogP contribution in [0.2, 0.25) is 0 Å². The summed E-state index contributed by atoms with van der Waals surface area (Å²) >= 11 is 6.12. The minimum Gasteiger partial charge on any atom is -0.123 e. The Morgan fingerprint density at radius 3 is 1.77 bits per heavy atom. The summed E-state index contributed by atoms with van der Waals surface area (Å²) in [5.74, 6) is 2.10. The first kappa shape index (κ1) is 9.83. The van der Waals surface area contributed by atoms with Gasteiger partial charge in [0.25, 0.3) is 0 Å². The Bertz CT molecular complexity index is 141. The highest BCUT2D eigenvalue weighted by Gasteiger charge is 2.27. The van der Waals surface area contributed by atoms with Crippen LogP contribution in [0.4, 0.5) is 0 Å². The van der Waals surface area contributed by atoms with E-state index in [0.29, 0.717) is 5.38 Å². The summed E-state index contributed by atoms with van der Waals surface area (Å²) in [5, 5.41) is 0.500. The van der Waals surface area contributed by atoms with Gasteiger partial charge in [0.1, 0.15) is 0 Å². The molecule has 2 rings (SSSR count). The van der Waals surface area contributed by atoms with Crippen LogP contribution in [0.1, 0.15) is 57.8 Å². The van der Waals surface area contributed by atoms with Gasteiger partial charge >= 0.3 is 0 Å². The Hall–Kier alpha value is 0.290. The lowest BCUT2D eigenvalue weighted by atomic mass is 9.73. The molecule has 2 aliphatic rings. The van der Waals surface area contributed by atoms with Gasteiger partial charge in [-0.2, -0.15) is 0 Å². The van der Waals surface area contributed by atoms with E-state index in [2.05, 4.69) is 0 Å². The van der Waals surface area contributed by atoms with Crippen molar-refractivity contribution in [2.75, 3.05) is 0 Å². The van der Waals surface area contributed by atoms with Crippen molar-refractivity contribution in [1.82, 2.24) is 0 Å². The van der Waals surface area contributed by atoms with Crippen molar-refractivity contribution in [1.29, 1.82) is 0 Å². The van der Waals surface area contributed by atoms with Crippen LogP contribution in [0.5, 0.6) is 0 Å². The number of alkyl halides is 1. The predicted octanol–water partition coefficient (Wildman–Crippen LogP) is 4.36. The maximum Gasteiger partial charge on any atom is 0.0336 e. The van der Waals surface area contributed by atoms with E-state index in [0.717, 1.165) is 11.8 Å². The number of hydrogen-bond donors (Lipinski definition) is 0. The van der Waals surface area contributed by atoms with E-state index in [9.17, 15) is 0 Å². The smallest absolute Gasteiger partial charge is 0.0336 e. The fourth-order valence-corrected chi connectivity index (χ4v) is 3.41. The SMILES string of the molecule is ClC1CCC(C2CCCCC2)CC1. The van der Waals surface area contributed by atoms with Gasteiger partial charge in [-0.3, -0.25) is 0 Å². The van der Waals surface area contributed by atoms with Crippen LogP contribution >= 0.6 is 11.6 Å². The summed E-state index contributed by atoms with van der Waals surface area (Å²) in [6, 6.07) is 0. The first-order chi connectivity index (χ1) is 6.36. The highest BCUT2D eigenvalue weighted by Crippen LogP contribution is 2.39. The summed E-state index contributed by atoms with van der Waals surface area (Å²) in [7, 11) is 0. The number of hydrogen-bond acceptors (Lipinski definition) is 0. The Kier molecular flexibility index (Phi) is 3.54. The van der Waals surface area contributed by atoms with Gasteiger partial charge in [0.15, 0.2) is 0 Å². The summed E-state index contributed by atoms with van der Waals surface area (Å²) in [5.41, 5.74) is 0. The molecule has 0 heterocycles. The summed E-state index contributed by atoms with van der Waals surface area (Å²) < 4.78 is 0. The van der Waals surface area contributed by atoms with Gasteiger partial charge in [0.05, 0.1) is 0 Å². The molecule has 0 atom stereocenters. The van der Waals surface area contributed by atoms with Crippen LogP contribution in [0, 0.1) is 11.8 Å². The number of rotatable bonds is 1. The Labute approximate surface area is 87.0 Å². The van der Waals surface area contributed by atoms with Crippen molar-refractivity contribution in [2.45, 2.75) is 63.2 Å². The molecule has 2 fully saturated rings. The van der Waals surface area contributed by atoms with Crippen molar-refractivity contribution in [2.24, 2.45) is 11.8 Å². The second-order valence-electron chi connectivity index (χ2n) is 4.91. The molecule has 0 aliphatic heterocycles. The van der Waals surface area contributed by atoms with Crippen LogP contribution in [-0.4, -0.2) is 5.38 Å². The van der Waals surface area contributed by atoms with Gasteiger partial charge in [-0.1, -0.05) is 32.1 Å². The van der Waals surface area contributed by atoms with Crippen LogP contribution in [-0.2, 0) is 0 Å². The maximum atomic E-state index is 6.12. The summed E-state index contributed by atoms with van der Waals surface area (Å²) in [4.78, 5) is 0. The molecule has 0 amide bonds. The van der Waals surface area contributed by atoms with Crippen molar-refractivity contribution >= 4 is 11.6 Å². The second kappa shape index (κ2) is 4.68. The molecule has 0 nitrogen and oxygen atoms in total. The molecular formula is C12H21Cl. The zero-order valence-corrected chi connectivity index (χ0v) is 9.23. The molecular weight excluding hydrogens is 180 g/mol. The number of halogens is 1. The lowest BCUT2D eigenvalue weighted by Crippen LogP contribution is -2.23. The van der Waals surface area contributed by atoms with Gasteiger partial charge < -0.3 is 0 Å². The van der Waals surface area contributed by atoms with Crippen molar-refractivity contribution in [3.63, 3.8) is 0 Å². The van der Waals surface area contributed by atoms with E-state index in [1.165, 1.54) is 57.8 Å². The Morgan fingerprint density at radius 2 is 1.15 bits per heavy atom. The van der Waals surface area contributed by atoms with Crippen LogP contribution in [0.3, 0.4) is 0 Å². The standard InChI is InChI=1S/C12H21Cl/c13-12-8-6-11(7-9-12)10-4-2-1-3-5-10/h10-12H,1-9H2. The summed E-state index contributed by atoms with van der Waals surface area (Å²) in [6.07, 6.45) is 12.9. The van der Waals surface area contributed by atoms with Crippen molar-refractivity contribution < 1.29 is 0 Å². The van der Waals surface area contributed by atoms with Crippen LogP contribution in [0.25, 0.3) is 0 Å². The monoisotopic (exact) mass is 200 g/mol. The average Bonchev–Trinajstić information content (AvgIpc) is 2.20. The Morgan fingerprint density at radius 1 is 0.615 bits per heavy atom. The van der Waals surface area contributed by atoms with Gasteiger partial charge in [-0.05, 0) is 37.5 Å². The van der Waals surface area contributed by atoms with E-state index >= 15 is 0 Å². The van der Waals surface area contributed by atoms with Gasteiger partial charge in [0, 0.05) is 5.38 Å². The van der Waals surface area contributed by atoms with Crippen LogP contribution < -0.4 is 0 Å². The molecule has 0 N–H and O–H groups in total. The molecule has 0 bridgehead atoms. The Balaban J connectivity index is 1.79. The average molecular weight is 201 g/mol. The third-order valence-electron chi connectivity index (χ3n) is 4.02. The van der Waals surface area contributed by atoms with E-state index < -0.39 is 0 Å². The first-order valence-corrected chi connectivity index (χ1v) is 6.44. The minimum atomic E-state index is 0.500. The van der Waals surface area contributed by atoms with Gasteiger partial charge in [-0.15, -0.1) is 11.6 Å². The first-order valence-electron chi connectivity index (χ1n) is 6.00. The molecule has 0 aromatic rings. The maximum absolute atomic E-state index is 6.12. The molecule has 0 aromatic carbocycles. The normalized spacial score (nSPS) is 37.6. The molecule has 0 saturated heterocycles. The molecule has 0 unspecified atom stereocenters.